The van der Waals surface area contributed by atoms with Gasteiger partial charge in [-0.25, -0.2) is 0 Å². The number of halogens is 1. The molecule has 0 aromatic heterocycles. The maximum atomic E-state index is 13.3. The first-order chi connectivity index (χ1) is 19.9. The molecule has 41 heavy (non-hydrogen) atoms. The number of amides is 3. The van der Waals surface area contributed by atoms with E-state index in [9.17, 15) is 14.4 Å². The summed E-state index contributed by atoms with van der Waals surface area (Å²) in [5.74, 6) is -0.0355. The lowest BCUT2D eigenvalue weighted by atomic mass is 10.1. The summed E-state index contributed by atoms with van der Waals surface area (Å²) in [5, 5.41) is 8.44. The number of benzene rings is 4. The number of hydrogen-bond donors (Lipinski definition) is 3. The monoisotopic (exact) mass is 629 g/mol. The fraction of sp³-hybridized carbons (Fsp3) is 0.0938. The van der Waals surface area contributed by atoms with E-state index in [1.165, 1.54) is 11.8 Å². The van der Waals surface area contributed by atoms with Gasteiger partial charge in [0.2, 0.25) is 5.91 Å². The topological polar surface area (TPSA) is 96.5 Å². The van der Waals surface area contributed by atoms with Crippen molar-refractivity contribution in [2.75, 3.05) is 23.0 Å². The predicted octanol–water partition coefficient (Wildman–Crippen LogP) is 6.99. The third-order valence-electron chi connectivity index (χ3n) is 5.64. The Morgan fingerprint density at radius 2 is 1.44 bits per heavy atom. The molecule has 0 saturated carbocycles. The van der Waals surface area contributed by atoms with E-state index >= 15 is 0 Å². The smallest absolute Gasteiger partial charge is 0.272 e. The summed E-state index contributed by atoms with van der Waals surface area (Å²) in [5.41, 5.74) is 2.52. The van der Waals surface area contributed by atoms with Crippen LogP contribution in [0.25, 0.3) is 6.08 Å². The molecule has 4 aromatic rings. The van der Waals surface area contributed by atoms with E-state index in [1.807, 2.05) is 61.5 Å². The molecule has 0 radical (unpaired) electrons. The normalized spacial score (nSPS) is 10.9. The Balaban J connectivity index is 1.41. The highest BCUT2D eigenvalue weighted by Gasteiger charge is 2.15. The minimum atomic E-state index is -0.475. The van der Waals surface area contributed by atoms with E-state index in [4.69, 9.17) is 4.74 Å². The van der Waals surface area contributed by atoms with Gasteiger partial charge >= 0.3 is 0 Å². The molecule has 0 bridgehead atoms. The second-order valence-electron chi connectivity index (χ2n) is 8.70. The Morgan fingerprint density at radius 1 is 0.805 bits per heavy atom. The average molecular weight is 631 g/mol. The lowest BCUT2D eigenvalue weighted by molar-refractivity contribution is -0.114. The Morgan fingerprint density at radius 3 is 2.10 bits per heavy atom. The van der Waals surface area contributed by atoms with Crippen LogP contribution in [0.15, 0.2) is 118 Å². The fourth-order valence-corrected chi connectivity index (χ4v) is 4.61. The molecule has 0 aliphatic rings. The van der Waals surface area contributed by atoms with Crippen LogP contribution in [-0.2, 0) is 9.59 Å². The van der Waals surface area contributed by atoms with Gasteiger partial charge in [0.05, 0.1) is 12.4 Å². The van der Waals surface area contributed by atoms with Crippen molar-refractivity contribution >= 4 is 62.9 Å². The molecule has 3 amide bonds. The van der Waals surface area contributed by atoms with Crippen molar-refractivity contribution < 1.29 is 19.1 Å². The summed E-state index contributed by atoms with van der Waals surface area (Å²) < 4.78 is 6.43. The first-order valence-electron chi connectivity index (χ1n) is 12.8. The van der Waals surface area contributed by atoms with E-state index in [0.29, 0.717) is 23.6 Å². The Kier molecular flexibility index (Phi) is 10.8. The molecule has 0 unspecified atom stereocenters. The van der Waals surface area contributed by atoms with Crippen molar-refractivity contribution in [3.05, 3.63) is 124 Å². The summed E-state index contributed by atoms with van der Waals surface area (Å²) in [4.78, 5) is 39.3. The van der Waals surface area contributed by atoms with Crippen LogP contribution < -0.4 is 20.7 Å². The molecule has 4 aromatic carbocycles. The van der Waals surface area contributed by atoms with E-state index < -0.39 is 11.8 Å². The van der Waals surface area contributed by atoms with Crippen LogP contribution in [0.2, 0.25) is 0 Å². The summed E-state index contributed by atoms with van der Waals surface area (Å²) in [7, 11) is 0. The highest BCUT2D eigenvalue weighted by atomic mass is 79.9. The third-order valence-corrected chi connectivity index (χ3v) is 7.18. The Bertz CT molecular complexity index is 1510. The van der Waals surface area contributed by atoms with Crippen LogP contribution in [-0.4, -0.2) is 30.1 Å². The molecule has 0 aliphatic heterocycles. The number of nitrogens with one attached hydrogen (secondary N) is 3. The van der Waals surface area contributed by atoms with Gasteiger partial charge in [0.15, 0.2) is 0 Å². The summed E-state index contributed by atoms with van der Waals surface area (Å²) in [6, 6.07) is 30.4. The molecule has 0 saturated heterocycles. The van der Waals surface area contributed by atoms with Gasteiger partial charge in [0.25, 0.3) is 11.8 Å². The van der Waals surface area contributed by atoms with Crippen LogP contribution >= 0.6 is 27.7 Å². The second-order valence-corrected chi connectivity index (χ2v) is 10.7. The fourth-order valence-electron chi connectivity index (χ4n) is 3.65. The zero-order valence-corrected chi connectivity index (χ0v) is 24.6. The zero-order chi connectivity index (χ0) is 29.0. The maximum absolute atomic E-state index is 13.3. The van der Waals surface area contributed by atoms with Crippen molar-refractivity contribution in [1.82, 2.24) is 5.32 Å². The number of carbonyl (C=O) groups is 3. The largest absolute Gasteiger partial charge is 0.494 e. The van der Waals surface area contributed by atoms with Gasteiger partial charge in [0, 0.05) is 26.3 Å². The van der Waals surface area contributed by atoms with Crippen molar-refractivity contribution in [2.24, 2.45) is 0 Å². The maximum Gasteiger partial charge on any atom is 0.272 e. The predicted molar refractivity (Wildman–Crippen MR) is 168 cm³/mol. The summed E-state index contributed by atoms with van der Waals surface area (Å²) in [6.07, 6.45) is 1.61. The van der Waals surface area contributed by atoms with Gasteiger partial charge in [-0.2, -0.15) is 0 Å². The minimum Gasteiger partial charge on any atom is -0.494 e. The zero-order valence-electron chi connectivity index (χ0n) is 22.2. The second kappa shape index (κ2) is 14.9. The van der Waals surface area contributed by atoms with E-state index in [-0.39, 0.29) is 17.4 Å². The molecular weight excluding hydrogens is 602 g/mol. The van der Waals surface area contributed by atoms with E-state index in [0.717, 1.165) is 20.6 Å². The molecule has 9 heteroatoms. The molecule has 0 fully saturated rings. The van der Waals surface area contributed by atoms with Crippen LogP contribution in [0.3, 0.4) is 0 Å². The molecule has 0 aliphatic carbocycles. The minimum absolute atomic E-state index is 0.0890. The van der Waals surface area contributed by atoms with Crippen LogP contribution in [0.1, 0.15) is 22.8 Å². The van der Waals surface area contributed by atoms with E-state index in [2.05, 4.69) is 31.9 Å². The number of thioether (sulfide) groups is 1. The number of hydrogen-bond acceptors (Lipinski definition) is 5. The van der Waals surface area contributed by atoms with Crippen molar-refractivity contribution in [3.8, 4) is 5.75 Å². The molecule has 0 spiro atoms. The quantitative estimate of drug-likeness (QED) is 0.123. The van der Waals surface area contributed by atoms with Crippen molar-refractivity contribution in [3.63, 3.8) is 0 Å². The van der Waals surface area contributed by atoms with Gasteiger partial charge in [-0.15, -0.1) is 11.8 Å². The first-order valence-corrected chi connectivity index (χ1v) is 14.6. The molecule has 3 N–H and O–H groups in total. The average Bonchev–Trinajstić information content (AvgIpc) is 2.99. The van der Waals surface area contributed by atoms with Gasteiger partial charge in [-0.05, 0) is 91.4 Å². The molecule has 208 valence electrons. The van der Waals surface area contributed by atoms with Gasteiger partial charge in [-0.3, -0.25) is 14.4 Å². The highest BCUT2D eigenvalue weighted by Crippen LogP contribution is 2.22. The summed E-state index contributed by atoms with van der Waals surface area (Å²) in [6.45, 7) is 2.45. The standard InChI is InChI=1S/C32H28BrN3O4S/c1-2-40-27-16-8-22(9-17-27)20-29(36-31(38)23-6-4-3-5-7-23)32(39)35-26-14-18-28(19-15-26)41-21-30(37)34-25-12-10-24(33)11-13-25/h3-20H,2,21H2,1H3,(H,34,37)(H,35,39)(H,36,38)/b29-20-. The molecule has 0 atom stereocenters. The number of rotatable bonds is 11. The van der Waals surface area contributed by atoms with Gasteiger partial charge < -0.3 is 20.7 Å². The number of anilines is 2. The molecular formula is C32H28BrN3O4S. The van der Waals surface area contributed by atoms with E-state index in [1.54, 1.807) is 54.6 Å². The van der Waals surface area contributed by atoms with Crippen molar-refractivity contribution in [2.45, 2.75) is 11.8 Å². The number of carbonyl (C=O) groups excluding carboxylic acids is 3. The molecule has 7 nitrogen and oxygen atoms in total. The van der Waals surface area contributed by atoms with Crippen LogP contribution in [0.4, 0.5) is 11.4 Å². The van der Waals surface area contributed by atoms with Crippen LogP contribution in [0, 0.1) is 0 Å². The van der Waals surface area contributed by atoms with Crippen molar-refractivity contribution in [1.29, 1.82) is 0 Å². The summed E-state index contributed by atoms with van der Waals surface area (Å²) >= 11 is 4.76. The molecule has 4 rings (SSSR count). The Labute approximate surface area is 251 Å². The highest BCUT2D eigenvalue weighted by molar-refractivity contribution is 9.10. The lowest BCUT2D eigenvalue weighted by Crippen LogP contribution is -2.30. The van der Waals surface area contributed by atoms with Gasteiger partial charge in [0.1, 0.15) is 11.4 Å². The third kappa shape index (κ3) is 9.37. The lowest BCUT2D eigenvalue weighted by Gasteiger charge is -2.12. The molecule has 0 heterocycles. The van der Waals surface area contributed by atoms with Crippen LogP contribution in [0.5, 0.6) is 5.75 Å². The number of ether oxygens (including phenoxy) is 1. The first kappa shape index (κ1) is 29.6. The Hall–Kier alpha value is -4.34. The van der Waals surface area contributed by atoms with Gasteiger partial charge in [-0.1, -0.05) is 46.3 Å². The SMILES string of the molecule is CCOc1ccc(/C=C(\NC(=O)c2ccccc2)C(=O)Nc2ccc(SCC(=O)Nc3ccc(Br)cc3)cc2)cc1.